The zero-order chi connectivity index (χ0) is 31.6. The average Bonchev–Trinajstić information content (AvgIpc) is 2.98. The van der Waals surface area contributed by atoms with Crippen molar-refractivity contribution in [2.75, 3.05) is 19.7 Å². The van der Waals surface area contributed by atoms with E-state index in [1.165, 1.54) is 42.5 Å². The fourth-order valence-corrected chi connectivity index (χ4v) is 5.18. The van der Waals surface area contributed by atoms with Gasteiger partial charge in [0.2, 0.25) is 11.2 Å². The molecule has 0 aliphatic carbocycles. The molecule has 1 saturated heterocycles. The highest BCUT2D eigenvalue weighted by Crippen LogP contribution is 2.41. The smallest absolute Gasteiger partial charge is 0.453 e. The predicted octanol–water partition coefficient (Wildman–Crippen LogP) is 8.42. The van der Waals surface area contributed by atoms with Crippen molar-refractivity contribution in [1.29, 1.82) is 0 Å². The maximum atomic E-state index is 14.4. The number of halogens is 4. The predicted molar refractivity (Wildman–Crippen MR) is 160 cm³/mol. The van der Waals surface area contributed by atoms with Crippen molar-refractivity contribution in [3.63, 3.8) is 0 Å². The van der Waals surface area contributed by atoms with E-state index < -0.39 is 29.1 Å². The molecule has 0 spiro atoms. The highest BCUT2D eigenvalue weighted by Gasteiger charge is 2.41. The van der Waals surface area contributed by atoms with Crippen molar-refractivity contribution in [3.8, 4) is 23.0 Å². The lowest BCUT2D eigenvalue weighted by Crippen LogP contribution is -2.32. The molecule has 0 N–H and O–H groups in total. The number of esters is 1. The van der Waals surface area contributed by atoms with Gasteiger partial charge >= 0.3 is 12.1 Å². The van der Waals surface area contributed by atoms with Crippen LogP contribution in [-0.4, -0.2) is 30.6 Å². The molecule has 44 heavy (non-hydrogen) atoms. The average molecular weight is 630 g/mol. The third-order valence-corrected chi connectivity index (χ3v) is 7.97. The van der Waals surface area contributed by atoms with Gasteiger partial charge in [0.1, 0.15) is 22.8 Å². The Morgan fingerprint density at radius 2 is 1.73 bits per heavy atom. The number of fused-ring (bicyclic) bond motifs is 1. The van der Waals surface area contributed by atoms with Crippen molar-refractivity contribution in [3.05, 3.63) is 92.3 Å². The van der Waals surface area contributed by atoms with Gasteiger partial charge in [-0.3, -0.25) is 9.69 Å². The summed E-state index contributed by atoms with van der Waals surface area (Å²) in [5.41, 5.74) is -0.403. The molecule has 1 aliphatic rings. The Balaban J connectivity index is 1.62. The largest absolute Gasteiger partial charge is 0.494 e. The molecule has 0 saturated carbocycles. The lowest BCUT2D eigenvalue weighted by atomic mass is 9.98. The molecule has 232 valence electrons. The van der Waals surface area contributed by atoms with Crippen molar-refractivity contribution in [2.45, 2.75) is 46.3 Å². The molecule has 0 amide bonds. The summed E-state index contributed by atoms with van der Waals surface area (Å²) in [6.07, 6.45) is -3.29. The van der Waals surface area contributed by atoms with E-state index >= 15 is 0 Å². The van der Waals surface area contributed by atoms with E-state index in [0.29, 0.717) is 41.9 Å². The Hall–Kier alpha value is -4.02. The normalized spacial score (nSPS) is 14.5. The summed E-state index contributed by atoms with van der Waals surface area (Å²) in [5.74, 6) is -2.25. The number of rotatable bonds is 8. The highest BCUT2D eigenvalue weighted by molar-refractivity contribution is 6.31. The lowest BCUT2D eigenvalue weighted by Gasteiger charge is -2.30. The van der Waals surface area contributed by atoms with E-state index in [0.717, 1.165) is 12.8 Å². The monoisotopic (exact) mass is 629 g/mol. The lowest BCUT2D eigenvalue weighted by molar-refractivity contribution is -0.154. The van der Waals surface area contributed by atoms with Gasteiger partial charge in [0, 0.05) is 11.6 Å². The van der Waals surface area contributed by atoms with Crippen LogP contribution in [0.15, 0.2) is 63.8 Å². The van der Waals surface area contributed by atoms with Crippen LogP contribution in [0.4, 0.5) is 13.2 Å². The first-order valence-corrected chi connectivity index (χ1v) is 14.6. The molecular formula is C33H31ClF3NO6. The van der Waals surface area contributed by atoms with Gasteiger partial charge < -0.3 is 18.6 Å². The third-order valence-electron chi connectivity index (χ3n) is 7.55. The molecule has 2 heterocycles. The van der Waals surface area contributed by atoms with Crippen LogP contribution in [0.5, 0.6) is 23.0 Å². The third kappa shape index (κ3) is 6.87. The quantitative estimate of drug-likeness (QED) is 0.143. The minimum Gasteiger partial charge on any atom is -0.494 e. The van der Waals surface area contributed by atoms with Gasteiger partial charge in [-0.1, -0.05) is 18.5 Å². The van der Waals surface area contributed by atoms with E-state index in [1.807, 2.05) is 11.8 Å². The maximum Gasteiger partial charge on any atom is 0.453 e. The first-order valence-electron chi connectivity index (χ1n) is 14.3. The zero-order valence-corrected chi connectivity index (χ0v) is 25.2. The van der Waals surface area contributed by atoms with Crippen molar-refractivity contribution >= 4 is 28.5 Å². The number of carbonyl (C=O) groups excluding carboxylic acids is 1. The molecule has 0 bridgehead atoms. The second-order valence-corrected chi connectivity index (χ2v) is 11.2. The number of likely N-dealkylation sites (tertiary alicyclic amines) is 1. The Morgan fingerprint density at radius 3 is 2.36 bits per heavy atom. The van der Waals surface area contributed by atoms with Gasteiger partial charge in [-0.2, -0.15) is 13.2 Å². The van der Waals surface area contributed by atoms with E-state index in [9.17, 15) is 22.8 Å². The topological polar surface area (TPSA) is 78.2 Å². The van der Waals surface area contributed by atoms with Crippen molar-refractivity contribution < 1.29 is 36.6 Å². The van der Waals surface area contributed by atoms with Gasteiger partial charge in [-0.05, 0) is 106 Å². The zero-order valence-electron chi connectivity index (χ0n) is 24.4. The standard InChI is InChI=1S/C33H31ClF3NO6/c1-4-41-22-7-5-21(6-8-22)32(40)43-27-12-10-24-28(39)30(42-23-9-11-26(34)20(3)17-23)31(33(35,36)37)44-29(24)25(27)18-38-15-13-19(2)14-16-38/h5-12,17,19H,4,13-16,18H2,1-3H3. The van der Waals surface area contributed by atoms with Gasteiger partial charge in [-0.15, -0.1) is 0 Å². The number of ether oxygens (including phenoxy) is 3. The molecule has 1 aromatic heterocycles. The summed E-state index contributed by atoms with van der Waals surface area (Å²) >= 11 is 6.05. The minimum atomic E-state index is -5.07. The molecule has 0 radical (unpaired) electrons. The van der Waals surface area contributed by atoms with Crippen LogP contribution in [0.25, 0.3) is 11.0 Å². The van der Waals surface area contributed by atoms with Crippen LogP contribution in [0, 0.1) is 12.8 Å². The fourth-order valence-electron chi connectivity index (χ4n) is 5.06. The number of aryl methyl sites for hydroxylation is 1. The van der Waals surface area contributed by atoms with Crippen LogP contribution < -0.4 is 19.6 Å². The summed E-state index contributed by atoms with van der Waals surface area (Å²) in [7, 11) is 0. The van der Waals surface area contributed by atoms with E-state index in [2.05, 4.69) is 6.92 Å². The van der Waals surface area contributed by atoms with Crippen LogP contribution in [-0.2, 0) is 12.7 Å². The highest BCUT2D eigenvalue weighted by atomic mass is 35.5. The second-order valence-electron chi connectivity index (χ2n) is 10.8. The van der Waals surface area contributed by atoms with Gasteiger partial charge in [0.15, 0.2) is 0 Å². The SMILES string of the molecule is CCOc1ccc(C(=O)Oc2ccc3c(=O)c(Oc4ccc(Cl)c(C)c4)c(C(F)(F)F)oc3c2CN2CCC(C)CC2)cc1. The van der Waals surface area contributed by atoms with Crippen LogP contribution in [0.1, 0.15) is 53.9 Å². The van der Waals surface area contributed by atoms with Crippen molar-refractivity contribution in [2.24, 2.45) is 5.92 Å². The number of carbonyl (C=O) groups is 1. The summed E-state index contributed by atoms with van der Waals surface area (Å²) in [5, 5.41) is 0.253. The molecule has 7 nitrogen and oxygen atoms in total. The van der Waals surface area contributed by atoms with E-state index in [1.54, 1.807) is 19.1 Å². The summed E-state index contributed by atoms with van der Waals surface area (Å²) < 4.78 is 65.4. The molecule has 1 fully saturated rings. The molecule has 0 unspecified atom stereocenters. The molecule has 5 rings (SSSR count). The molecule has 11 heteroatoms. The van der Waals surface area contributed by atoms with Crippen molar-refractivity contribution in [1.82, 2.24) is 4.90 Å². The number of nitrogens with zero attached hydrogens (tertiary/aromatic N) is 1. The molecule has 4 aromatic rings. The van der Waals surface area contributed by atoms with Crippen LogP contribution >= 0.6 is 11.6 Å². The Labute approximate surface area is 257 Å². The van der Waals surface area contributed by atoms with Gasteiger partial charge in [0.05, 0.1) is 23.1 Å². The Kier molecular flexibility index (Phi) is 9.22. The number of hydrogen-bond donors (Lipinski definition) is 0. The Bertz CT molecular complexity index is 1730. The number of benzene rings is 3. The second kappa shape index (κ2) is 12.9. The first kappa shape index (κ1) is 31.4. The maximum absolute atomic E-state index is 14.4. The summed E-state index contributed by atoms with van der Waals surface area (Å²) in [6, 6.07) is 13.2. The molecule has 0 atom stereocenters. The first-order chi connectivity index (χ1) is 20.9. The number of hydrogen-bond acceptors (Lipinski definition) is 7. The summed E-state index contributed by atoms with van der Waals surface area (Å²) in [4.78, 5) is 28.8. The fraction of sp³-hybridized carbons (Fsp3) is 0.333. The molecular weight excluding hydrogens is 599 g/mol. The van der Waals surface area contributed by atoms with Crippen LogP contribution in [0.2, 0.25) is 5.02 Å². The minimum absolute atomic E-state index is 0.00623. The van der Waals surface area contributed by atoms with Gasteiger partial charge in [-0.25, -0.2) is 4.79 Å². The van der Waals surface area contributed by atoms with Gasteiger partial charge in [0.25, 0.3) is 5.76 Å². The van der Waals surface area contributed by atoms with E-state index in [4.69, 9.17) is 30.2 Å². The Morgan fingerprint density at radius 1 is 1.05 bits per heavy atom. The molecule has 3 aromatic carbocycles. The van der Waals surface area contributed by atoms with E-state index in [-0.39, 0.29) is 40.1 Å². The number of piperidine rings is 1. The summed E-state index contributed by atoms with van der Waals surface area (Å²) in [6.45, 7) is 7.55. The van der Waals surface area contributed by atoms with Crippen LogP contribution in [0.3, 0.4) is 0 Å². The number of alkyl halides is 3. The molecule has 1 aliphatic heterocycles.